The van der Waals surface area contributed by atoms with Crippen molar-refractivity contribution < 1.29 is 4.79 Å². The van der Waals surface area contributed by atoms with E-state index in [4.69, 9.17) is 34.8 Å². The number of allylic oxidation sites excluding steroid dienone is 1. The van der Waals surface area contributed by atoms with Crippen molar-refractivity contribution in [2.24, 2.45) is 0 Å². The molecule has 3 aromatic rings. The summed E-state index contributed by atoms with van der Waals surface area (Å²) in [6, 6.07) is 7.07. The van der Waals surface area contributed by atoms with Crippen LogP contribution in [0.1, 0.15) is 10.7 Å². The van der Waals surface area contributed by atoms with Crippen LogP contribution in [0.4, 0.5) is 5.69 Å². The van der Waals surface area contributed by atoms with Crippen LogP contribution in [-0.4, -0.2) is 26.4 Å². The van der Waals surface area contributed by atoms with Gasteiger partial charge in [0.2, 0.25) is 5.91 Å². The lowest BCUT2D eigenvalue weighted by atomic mass is 10.3. The Morgan fingerprint density at radius 2 is 2.04 bits per heavy atom. The molecule has 0 aliphatic rings. The fourth-order valence-electron chi connectivity index (χ4n) is 2.37. The van der Waals surface area contributed by atoms with Gasteiger partial charge in [-0.05, 0) is 23.6 Å². The zero-order chi connectivity index (χ0) is 20.1. The van der Waals surface area contributed by atoms with E-state index in [0.717, 1.165) is 5.82 Å². The molecule has 0 saturated heterocycles. The maximum Gasteiger partial charge on any atom is 0.234 e. The highest BCUT2D eigenvalue weighted by atomic mass is 35.5. The molecule has 0 radical (unpaired) electrons. The number of benzene rings is 1. The van der Waals surface area contributed by atoms with Crippen LogP contribution < -0.4 is 5.32 Å². The van der Waals surface area contributed by atoms with Gasteiger partial charge < -0.3 is 9.88 Å². The van der Waals surface area contributed by atoms with Crippen LogP contribution in [0.3, 0.4) is 0 Å². The average molecular weight is 474 g/mol. The Bertz CT molecular complexity index is 989. The van der Waals surface area contributed by atoms with Crippen LogP contribution >= 0.6 is 57.9 Å². The average Bonchev–Trinajstić information content (AvgIpc) is 3.29. The molecule has 146 valence electrons. The first-order valence-electron chi connectivity index (χ1n) is 8.10. The highest BCUT2D eigenvalue weighted by Crippen LogP contribution is 2.32. The third-order valence-electron chi connectivity index (χ3n) is 3.63. The van der Waals surface area contributed by atoms with Gasteiger partial charge in [0.05, 0.1) is 26.5 Å². The number of rotatable bonds is 8. The van der Waals surface area contributed by atoms with Crippen LogP contribution in [0.2, 0.25) is 15.1 Å². The number of nitrogens with zero attached hydrogens (tertiary/aromatic N) is 3. The first kappa shape index (κ1) is 21.2. The topological polar surface area (TPSA) is 59.8 Å². The summed E-state index contributed by atoms with van der Waals surface area (Å²) in [5.41, 5.74) is 0.410. The van der Waals surface area contributed by atoms with Crippen molar-refractivity contribution in [3.05, 3.63) is 68.1 Å². The Hall–Kier alpha value is -1.51. The lowest BCUT2D eigenvalue weighted by molar-refractivity contribution is -0.113. The van der Waals surface area contributed by atoms with Gasteiger partial charge in [-0.2, -0.15) is 0 Å². The fourth-order valence-corrected chi connectivity index (χ4v) is 4.43. The zero-order valence-corrected chi connectivity index (χ0v) is 18.4. The van der Waals surface area contributed by atoms with Gasteiger partial charge in [0.1, 0.15) is 5.82 Å². The van der Waals surface area contributed by atoms with Crippen LogP contribution in [0.25, 0.3) is 0 Å². The number of halogens is 3. The fraction of sp³-hybridized carbons (Fsp3) is 0.167. The Labute approximate surface area is 185 Å². The smallest absolute Gasteiger partial charge is 0.234 e. The number of hydrogen-bond acceptors (Lipinski definition) is 5. The molecule has 0 saturated carbocycles. The molecule has 0 fully saturated rings. The van der Waals surface area contributed by atoms with Crippen LogP contribution in [0.15, 0.2) is 47.5 Å². The van der Waals surface area contributed by atoms with Gasteiger partial charge in [0.15, 0.2) is 5.16 Å². The van der Waals surface area contributed by atoms with E-state index in [1.807, 2.05) is 16.0 Å². The van der Waals surface area contributed by atoms with E-state index >= 15 is 0 Å². The normalized spacial score (nSPS) is 10.8. The van der Waals surface area contributed by atoms with Crippen molar-refractivity contribution in [1.82, 2.24) is 14.8 Å². The number of aromatic nitrogens is 3. The number of thioether (sulfide) groups is 1. The van der Waals surface area contributed by atoms with Crippen molar-refractivity contribution in [2.75, 3.05) is 11.1 Å². The van der Waals surface area contributed by atoms with Crippen molar-refractivity contribution >= 4 is 69.5 Å². The predicted molar refractivity (Wildman–Crippen MR) is 118 cm³/mol. The lowest BCUT2D eigenvalue weighted by Gasteiger charge is -2.09. The van der Waals surface area contributed by atoms with Crippen molar-refractivity contribution in [2.45, 2.75) is 18.1 Å². The van der Waals surface area contributed by atoms with Gasteiger partial charge in [-0.15, -0.1) is 28.1 Å². The van der Waals surface area contributed by atoms with Gasteiger partial charge in [0, 0.05) is 17.8 Å². The summed E-state index contributed by atoms with van der Waals surface area (Å²) in [5, 5.41) is 14.9. The number of amides is 1. The Morgan fingerprint density at radius 1 is 1.25 bits per heavy atom. The Morgan fingerprint density at radius 3 is 2.75 bits per heavy atom. The standard InChI is InChI=1S/C18H15Cl3N4OS2/c1-2-5-25-16(7-11-4-3-6-27-11)23-24-18(25)28-10-17(26)22-15-9-13(20)12(19)8-14(15)21/h2-4,6,8-9H,1,5,7,10H2,(H,22,26). The molecule has 28 heavy (non-hydrogen) atoms. The molecule has 1 amide bonds. The lowest BCUT2D eigenvalue weighted by Crippen LogP contribution is -2.15. The minimum atomic E-state index is -0.238. The summed E-state index contributed by atoms with van der Waals surface area (Å²) in [7, 11) is 0. The number of carbonyl (C=O) groups excluding carboxylic acids is 1. The molecule has 3 rings (SSSR count). The summed E-state index contributed by atoms with van der Waals surface area (Å²) >= 11 is 20.9. The summed E-state index contributed by atoms with van der Waals surface area (Å²) < 4.78 is 1.96. The molecule has 0 bridgehead atoms. The number of carbonyl (C=O) groups is 1. The van der Waals surface area contributed by atoms with E-state index in [1.54, 1.807) is 17.4 Å². The van der Waals surface area contributed by atoms with Crippen LogP contribution in [-0.2, 0) is 17.8 Å². The summed E-state index contributed by atoms with van der Waals surface area (Å²) in [6.45, 7) is 4.36. The third kappa shape index (κ3) is 5.30. The minimum absolute atomic E-state index is 0.144. The zero-order valence-electron chi connectivity index (χ0n) is 14.5. The number of thiophene rings is 1. The van der Waals surface area contributed by atoms with Crippen molar-refractivity contribution in [3.8, 4) is 0 Å². The second-order valence-corrected chi connectivity index (χ2v) is 8.83. The molecule has 1 aromatic carbocycles. The molecule has 1 N–H and O–H groups in total. The molecule has 10 heteroatoms. The molecular formula is C18H15Cl3N4OS2. The van der Waals surface area contributed by atoms with Crippen LogP contribution in [0.5, 0.6) is 0 Å². The molecule has 0 atom stereocenters. The molecule has 2 aromatic heterocycles. The summed E-state index contributed by atoms with van der Waals surface area (Å²) in [4.78, 5) is 13.5. The quantitative estimate of drug-likeness (QED) is 0.255. The summed E-state index contributed by atoms with van der Waals surface area (Å²) in [5.74, 6) is 0.737. The SMILES string of the molecule is C=CCn1c(Cc2cccs2)nnc1SCC(=O)Nc1cc(Cl)c(Cl)cc1Cl. The predicted octanol–water partition coefficient (Wildman–Crippen LogP) is 5.81. The minimum Gasteiger partial charge on any atom is -0.324 e. The Kier molecular flexibility index (Phi) is 7.42. The molecule has 2 heterocycles. The number of hydrogen-bond donors (Lipinski definition) is 1. The molecule has 0 aliphatic heterocycles. The first-order valence-corrected chi connectivity index (χ1v) is 11.1. The van der Waals surface area contributed by atoms with Crippen molar-refractivity contribution in [3.63, 3.8) is 0 Å². The van der Waals surface area contributed by atoms with E-state index in [9.17, 15) is 4.79 Å². The molecule has 0 aliphatic carbocycles. The van der Waals surface area contributed by atoms with E-state index < -0.39 is 0 Å². The van der Waals surface area contributed by atoms with E-state index in [2.05, 4.69) is 28.2 Å². The highest BCUT2D eigenvalue weighted by molar-refractivity contribution is 7.99. The van der Waals surface area contributed by atoms with E-state index in [1.165, 1.54) is 28.8 Å². The molecule has 0 unspecified atom stereocenters. The maximum atomic E-state index is 12.3. The third-order valence-corrected chi connectivity index (χ3v) is 6.51. The van der Waals surface area contributed by atoms with Crippen molar-refractivity contribution in [1.29, 1.82) is 0 Å². The van der Waals surface area contributed by atoms with Gasteiger partial charge in [-0.3, -0.25) is 4.79 Å². The maximum absolute atomic E-state index is 12.3. The first-order chi connectivity index (χ1) is 13.5. The Balaban J connectivity index is 1.66. The molecular weight excluding hydrogens is 459 g/mol. The monoisotopic (exact) mass is 472 g/mol. The second-order valence-electron chi connectivity index (χ2n) is 5.64. The van der Waals surface area contributed by atoms with E-state index in [-0.39, 0.29) is 11.7 Å². The van der Waals surface area contributed by atoms with E-state index in [0.29, 0.717) is 38.9 Å². The molecule has 0 spiro atoms. The van der Waals surface area contributed by atoms with Gasteiger partial charge >= 0.3 is 0 Å². The van der Waals surface area contributed by atoms with Gasteiger partial charge in [-0.1, -0.05) is 58.7 Å². The second kappa shape index (κ2) is 9.80. The van der Waals surface area contributed by atoms with Gasteiger partial charge in [0.25, 0.3) is 0 Å². The highest BCUT2D eigenvalue weighted by Gasteiger charge is 2.15. The number of nitrogens with one attached hydrogen (secondary N) is 1. The van der Waals surface area contributed by atoms with Crippen LogP contribution in [0, 0.1) is 0 Å². The van der Waals surface area contributed by atoms with Gasteiger partial charge in [-0.25, -0.2) is 0 Å². The summed E-state index contributed by atoms with van der Waals surface area (Å²) in [6.07, 6.45) is 2.46. The largest absolute Gasteiger partial charge is 0.324 e. The molecule has 5 nitrogen and oxygen atoms in total. The number of anilines is 1.